The van der Waals surface area contributed by atoms with Crippen LogP contribution in [0.5, 0.6) is 0 Å². The summed E-state index contributed by atoms with van der Waals surface area (Å²) in [5.74, 6) is 3.18. The Balaban J connectivity index is 2.01. The Hall–Kier alpha value is -1.36. The molecule has 5 heteroatoms. The summed E-state index contributed by atoms with van der Waals surface area (Å²) in [6.07, 6.45) is 1.29. The summed E-state index contributed by atoms with van der Waals surface area (Å²) in [7, 11) is 1.66. The molecule has 1 fully saturated rings. The molecule has 1 aliphatic rings. The van der Waals surface area contributed by atoms with Gasteiger partial charge in [-0.1, -0.05) is 13.8 Å². The molecule has 0 radical (unpaired) electrons. The second kappa shape index (κ2) is 5.74. The van der Waals surface area contributed by atoms with E-state index in [2.05, 4.69) is 41.4 Å². The van der Waals surface area contributed by atoms with Crippen molar-refractivity contribution in [2.45, 2.75) is 33.8 Å². The standard InChI is InChI=1S/C14H24N4O/c1-5-15-11-6-12(18-13(17-11)9-19-4)16-8-10-7-14(10,2)3/h6,10H,5,7-9H2,1-4H3,(H2,15,16,17,18). The normalized spacial score (nSPS) is 20.1. The fraction of sp³-hybridized carbons (Fsp3) is 0.714. The van der Waals surface area contributed by atoms with Gasteiger partial charge in [0.05, 0.1) is 0 Å². The zero-order valence-electron chi connectivity index (χ0n) is 12.3. The van der Waals surface area contributed by atoms with Crippen molar-refractivity contribution >= 4 is 11.6 Å². The predicted molar refractivity (Wildman–Crippen MR) is 77.3 cm³/mol. The number of hydrogen-bond acceptors (Lipinski definition) is 5. The van der Waals surface area contributed by atoms with Gasteiger partial charge in [0, 0.05) is 26.3 Å². The first-order chi connectivity index (χ1) is 9.05. The van der Waals surface area contributed by atoms with Crippen molar-refractivity contribution < 1.29 is 4.74 Å². The minimum Gasteiger partial charge on any atom is -0.377 e. The van der Waals surface area contributed by atoms with Crippen LogP contribution >= 0.6 is 0 Å². The van der Waals surface area contributed by atoms with E-state index in [1.54, 1.807) is 7.11 Å². The summed E-state index contributed by atoms with van der Waals surface area (Å²) < 4.78 is 5.11. The molecular formula is C14H24N4O. The molecule has 0 amide bonds. The molecule has 1 heterocycles. The highest BCUT2D eigenvalue weighted by Gasteiger charge is 2.44. The third-order valence-corrected chi connectivity index (χ3v) is 3.65. The lowest BCUT2D eigenvalue weighted by Gasteiger charge is -2.11. The van der Waals surface area contributed by atoms with E-state index in [0.717, 1.165) is 30.6 Å². The number of hydrogen-bond donors (Lipinski definition) is 2. The van der Waals surface area contributed by atoms with Crippen LogP contribution in [0, 0.1) is 11.3 Å². The summed E-state index contributed by atoms with van der Waals surface area (Å²) in [5.41, 5.74) is 0.486. The Morgan fingerprint density at radius 2 is 1.95 bits per heavy atom. The monoisotopic (exact) mass is 264 g/mol. The van der Waals surface area contributed by atoms with Gasteiger partial charge in [0.25, 0.3) is 0 Å². The minimum atomic E-state index is 0.433. The van der Waals surface area contributed by atoms with E-state index in [9.17, 15) is 0 Å². The van der Waals surface area contributed by atoms with Gasteiger partial charge in [0.1, 0.15) is 18.2 Å². The van der Waals surface area contributed by atoms with Gasteiger partial charge in [-0.05, 0) is 24.7 Å². The Labute approximate surface area is 115 Å². The van der Waals surface area contributed by atoms with Gasteiger partial charge < -0.3 is 15.4 Å². The van der Waals surface area contributed by atoms with Crippen molar-refractivity contribution in [1.82, 2.24) is 9.97 Å². The van der Waals surface area contributed by atoms with E-state index >= 15 is 0 Å². The summed E-state index contributed by atoms with van der Waals surface area (Å²) in [5, 5.41) is 6.63. The molecule has 1 unspecified atom stereocenters. The van der Waals surface area contributed by atoms with Crippen molar-refractivity contribution in [2.24, 2.45) is 11.3 Å². The lowest BCUT2D eigenvalue weighted by Crippen LogP contribution is -2.11. The van der Waals surface area contributed by atoms with Crippen LogP contribution in [-0.4, -0.2) is 30.2 Å². The molecule has 1 atom stereocenters. The summed E-state index contributed by atoms with van der Waals surface area (Å²) >= 11 is 0. The average molecular weight is 264 g/mol. The zero-order valence-corrected chi connectivity index (χ0v) is 12.3. The first-order valence-corrected chi connectivity index (χ1v) is 6.90. The van der Waals surface area contributed by atoms with Crippen LogP contribution in [0.4, 0.5) is 11.6 Å². The van der Waals surface area contributed by atoms with Crippen LogP contribution in [0.1, 0.15) is 33.0 Å². The number of anilines is 2. The van der Waals surface area contributed by atoms with Gasteiger partial charge in [0.2, 0.25) is 0 Å². The maximum atomic E-state index is 5.11. The number of nitrogens with one attached hydrogen (secondary N) is 2. The van der Waals surface area contributed by atoms with Crippen molar-refractivity contribution in [3.05, 3.63) is 11.9 Å². The Morgan fingerprint density at radius 1 is 1.32 bits per heavy atom. The van der Waals surface area contributed by atoms with Gasteiger partial charge in [-0.25, -0.2) is 9.97 Å². The number of methoxy groups -OCH3 is 1. The molecule has 5 nitrogen and oxygen atoms in total. The highest BCUT2D eigenvalue weighted by Crippen LogP contribution is 2.51. The van der Waals surface area contributed by atoms with Crippen LogP contribution in [-0.2, 0) is 11.3 Å². The molecular weight excluding hydrogens is 240 g/mol. The molecule has 1 aliphatic carbocycles. The number of rotatable bonds is 7. The molecule has 0 spiro atoms. The quantitative estimate of drug-likeness (QED) is 0.792. The highest BCUT2D eigenvalue weighted by atomic mass is 16.5. The van der Waals surface area contributed by atoms with Crippen molar-refractivity contribution in [3.63, 3.8) is 0 Å². The maximum absolute atomic E-state index is 5.11. The van der Waals surface area contributed by atoms with Crippen molar-refractivity contribution in [2.75, 3.05) is 30.8 Å². The second-order valence-electron chi connectivity index (χ2n) is 5.79. The Bertz CT molecular complexity index is 409. The Kier molecular flexibility index (Phi) is 4.24. The summed E-state index contributed by atoms with van der Waals surface area (Å²) in [6, 6.07) is 1.96. The third-order valence-electron chi connectivity index (χ3n) is 3.65. The molecule has 2 N–H and O–H groups in total. The molecule has 0 aliphatic heterocycles. The average Bonchev–Trinajstić information content (AvgIpc) is 2.95. The molecule has 2 rings (SSSR count). The topological polar surface area (TPSA) is 59.1 Å². The van der Waals surface area contributed by atoms with Crippen LogP contribution in [0.15, 0.2) is 6.07 Å². The fourth-order valence-corrected chi connectivity index (χ4v) is 2.21. The molecule has 1 saturated carbocycles. The van der Waals surface area contributed by atoms with Gasteiger partial charge in [-0.15, -0.1) is 0 Å². The van der Waals surface area contributed by atoms with Gasteiger partial charge >= 0.3 is 0 Å². The fourth-order valence-electron chi connectivity index (χ4n) is 2.21. The predicted octanol–water partition coefficient (Wildman–Crippen LogP) is 2.51. The summed E-state index contributed by atoms with van der Waals surface area (Å²) in [4.78, 5) is 8.86. The van der Waals surface area contributed by atoms with E-state index in [1.165, 1.54) is 6.42 Å². The zero-order chi connectivity index (χ0) is 13.9. The van der Waals surface area contributed by atoms with E-state index in [4.69, 9.17) is 4.74 Å². The first-order valence-electron chi connectivity index (χ1n) is 6.90. The van der Waals surface area contributed by atoms with E-state index in [-0.39, 0.29) is 0 Å². The molecule has 0 saturated heterocycles. The molecule has 1 aromatic heterocycles. The lowest BCUT2D eigenvalue weighted by molar-refractivity contribution is 0.178. The second-order valence-corrected chi connectivity index (χ2v) is 5.79. The Morgan fingerprint density at radius 3 is 2.47 bits per heavy atom. The third kappa shape index (κ3) is 3.80. The van der Waals surface area contributed by atoms with Crippen LogP contribution in [0.3, 0.4) is 0 Å². The molecule has 0 bridgehead atoms. The molecule has 1 aromatic rings. The van der Waals surface area contributed by atoms with Crippen molar-refractivity contribution in [1.29, 1.82) is 0 Å². The van der Waals surface area contributed by atoms with Crippen LogP contribution < -0.4 is 10.6 Å². The van der Waals surface area contributed by atoms with Gasteiger partial charge in [-0.2, -0.15) is 0 Å². The lowest BCUT2D eigenvalue weighted by atomic mass is 10.1. The van der Waals surface area contributed by atoms with Gasteiger partial charge in [0.15, 0.2) is 5.82 Å². The molecule has 106 valence electrons. The van der Waals surface area contributed by atoms with E-state index < -0.39 is 0 Å². The maximum Gasteiger partial charge on any atom is 0.158 e. The van der Waals surface area contributed by atoms with Crippen molar-refractivity contribution in [3.8, 4) is 0 Å². The number of aromatic nitrogens is 2. The first kappa shape index (κ1) is 14.1. The number of ether oxygens (including phenoxy) is 1. The highest BCUT2D eigenvalue weighted by molar-refractivity contribution is 5.47. The molecule has 0 aromatic carbocycles. The summed E-state index contributed by atoms with van der Waals surface area (Å²) in [6.45, 7) is 8.92. The van der Waals surface area contributed by atoms with Gasteiger partial charge in [-0.3, -0.25) is 0 Å². The SMILES string of the molecule is CCNc1cc(NCC2CC2(C)C)nc(COC)n1. The number of nitrogens with zero attached hydrogens (tertiary/aromatic N) is 2. The van der Waals surface area contributed by atoms with E-state index in [0.29, 0.717) is 17.8 Å². The minimum absolute atomic E-state index is 0.433. The van der Waals surface area contributed by atoms with Crippen LogP contribution in [0.2, 0.25) is 0 Å². The van der Waals surface area contributed by atoms with E-state index in [1.807, 2.05) is 6.07 Å². The van der Waals surface area contributed by atoms with Crippen LogP contribution in [0.25, 0.3) is 0 Å². The largest absolute Gasteiger partial charge is 0.377 e. The smallest absolute Gasteiger partial charge is 0.158 e. The molecule has 19 heavy (non-hydrogen) atoms.